The number of H-pyrrole nitrogens is 1. The van der Waals surface area contributed by atoms with Gasteiger partial charge in [-0.05, 0) is 109 Å². The average molecular weight is 574 g/mol. The topological polar surface area (TPSA) is 32.9 Å². The molecule has 2 aliphatic carbocycles. The van der Waals surface area contributed by atoms with Crippen LogP contribution in [-0.2, 0) is 11.2 Å². The van der Waals surface area contributed by atoms with Gasteiger partial charge >= 0.3 is 0 Å². The van der Waals surface area contributed by atoms with Crippen molar-refractivity contribution in [3.05, 3.63) is 132 Å². The zero-order chi connectivity index (χ0) is 30.3. The first-order valence-corrected chi connectivity index (χ1v) is 16.5. The minimum atomic E-state index is 0.188. The minimum Gasteiger partial charge on any atom is -0.361 e. The van der Waals surface area contributed by atoms with Crippen molar-refractivity contribution >= 4 is 17.4 Å². The maximum absolute atomic E-state index is 12.4. The predicted octanol–water partition coefficient (Wildman–Crippen LogP) is 11.4. The van der Waals surface area contributed by atoms with Gasteiger partial charge in [0.25, 0.3) is 0 Å². The molecule has 1 saturated carbocycles. The lowest BCUT2D eigenvalue weighted by Crippen LogP contribution is -2.05. The van der Waals surface area contributed by atoms with Crippen LogP contribution in [0.1, 0.15) is 112 Å². The van der Waals surface area contributed by atoms with Crippen LogP contribution in [0.5, 0.6) is 0 Å². The fraction of sp³-hybridized carbons (Fsp3) is 0.390. The molecule has 1 aromatic heterocycles. The Morgan fingerprint density at radius 2 is 1.81 bits per heavy atom. The van der Waals surface area contributed by atoms with E-state index in [2.05, 4.69) is 79.4 Å². The summed E-state index contributed by atoms with van der Waals surface area (Å²) in [6.07, 6.45) is 34.6. The Hall–Kier alpha value is -3.65. The summed E-state index contributed by atoms with van der Waals surface area (Å²) in [5.41, 5.74) is 8.36. The van der Waals surface area contributed by atoms with E-state index in [1.54, 1.807) is 6.08 Å². The van der Waals surface area contributed by atoms with Crippen molar-refractivity contribution in [2.75, 3.05) is 0 Å². The summed E-state index contributed by atoms with van der Waals surface area (Å²) in [6.45, 7) is 12.1. The van der Waals surface area contributed by atoms with Gasteiger partial charge in [0.1, 0.15) is 0 Å². The van der Waals surface area contributed by atoms with Gasteiger partial charge in [0, 0.05) is 23.9 Å². The number of hydrogen-bond donors (Lipinski definition) is 1. The van der Waals surface area contributed by atoms with Crippen molar-refractivity contribution in [3.63, 3.8) is 0 Å². The summed E-state index contributed by atoms with van der Waals surface area (Å²) in [5, 5.41) is 0. The van der Waals surface area contributed by atoms with Gasteiger partial charge in [0.15, 0.2) is 5.78 Å². The van der Waals surface area contributed by atoms with Crippen LogP contribution >= 0.6 is 0 Å². The SMILES string of the molecule is C=CC(=C)/C=C(/C1=CCC(c2cccc(C/C=C/C(=O)C/C=C/CCC3CCCCC3)c2)CCCC1)c1cc[nH]c1C=C. The van der Waals surface area contributed by atoms with E-state index in [1.165, 1.54) is 79.2 Å². The Morgan fingerprint density at radius 1 is 0.977 bits per heavy atom. The summed E-state index contributed by atoms with van der Waals surface area (Å²) in [4.78, 5) is 15.7. The third kappa shape index (κ3) is 10.2. The van der Waals surface area contributed by atoms with E-state index in [9.17, 15) is 4.79 Å². The molecule has 0 amide bonds. The number of benzene rings is 1. The van der Waals surface area contributed by atoms with Gasteiger partial charge in [-0.15, -0.1) is 0 Å². The second-order valence-corrected chi connectivity index (χ2v) is 12.3. The largest absolute Gasteiger partial charge is 0.361 e. The monoisotopic (exact) mass is 573 g/mol. The number of rotatable bonds is 14. The standard InChI is InChI=1S/C41H51NO/c1-4-32(3)30-40(39-28-29-42-41(39)5-2)36-22-13-12-21-35(26-27-36)37-23-14-19-34(31-37)20-15-25-38(43)24-11-7-10-18-33-16-8-6-9-17-33/h4-5,7,11,14-15,19,23,25,27-31,33,35,42H,1-3,6,8-10,12-13,16-18,20-22,24,26H2/b11-7+,25-15+,36-27?,40-30-. The average Bonchev–Trinajstić information content (AvgIpc) is 3.49. The third-order valence-electron chi connectivity index (χ3n) is 9.14. The molecule has 1 atom stereocenters. The number of carbonyl (C=O) groups is 1. The number of allylic oxidation sites excluding steroid dienone is 10. The molecular formula is C41H51NO. The first kappa shape index (κ1) is 32.3. The van der Waals surface area contributed by atoms with Gasteiger partial charge < -0.3 is 4.98 Å². The number of carbonyl (C=O) groups excluding carboxylic acids is 1. The second kappa shape index (κ2) is 17.5. The molecule has 4 rings (SSSR count). The minimum absolute atomic E-state index is 0.188. The third-order valence-corrected chi connectivity index (χ3v) is 9.14. The van der Waals surface area contributed by atoms with E-state index in [-0.39, 0.29) is 5.78 Å². The first-order valence-electron chi connectivity index (χ1n) is 16.5. The highest BCUT2D eigenvalue weighted by atomic mass is 16.1. The summed E-state index contributed by atoms with van der Waals surface area (Å²) < 4.78 is 0. The molecule has 0 radical (unpaired) electrons. The maximum atomic E-state index is 12.4. The van der Waals surface area contributed by atoms with Crippen molar-refractivity contribution in [3.8, 4) is 0 Å². The normalized spacial score (nSPS) is 18.7. The lowest BCUT2D eigenvalue weighted by molar-refractivity contribution is -0.113. The molecule has 1 aromatic carbocycles. The molecule has 2 heteroatoms. The predicted molar refractivity (Wildman–Crippen MR) is 186 cm³/mol. The van der Waals surface area contributed by atoms with Gasteiger partial charge in [-0.3, -0.25) is 4.79 Å². The first-order chi connectivity index (χ1) is 21.1. The molecule has 43 heavy (non-hydrogen) atoms. The van der Waals surface area contributed by atoms with Gasteiger partial charge in [-0.2, -0.15) is 0 Å². The van der Waals surface area contributed by atoms with Crippen molar-refractivity contribution in [2.45, 2.75) is 95.8 Å². The van der Waals surface area contributed by atoms with Crippen LogP contribution in [0.15, 0.2) is 110 Å². The van der Waals surface area contributed by atoms with Gasteiger partial charge in [0.2, 0.25) is 0 Å². The Labute approximate surface area is 260 Å². The van der Waals surface area contributed by atoms with Gasteiger partial charge in [0.05, 0.1) is 0 Å². The van der Waals surface area contributed by atoms with Crippen LogP contribution in [0.3, 0.4) is 0 Å². The molecule has 2 aliphatic rings. The molecule has 1 N–H and O–H groups in total. The summed E-state index contributed by atoms with van der Waals surface area (Å²) in [5.74, 6) is 1.57. The highest BCUT2D eigenvalue weighted by Crippen LogP contribution is 2.37. The van der Waals surface area contributed by atoms with E-state index in [4.69, 9.17) is 0 Å². The van der Waals surface area contributed by atoms with Crippen LogP contribution in [0, 0.1) is 5.92 Å². The van der Waals surface area contributed by atoms with E-state index in [1.807, 2.05) is 24.4 Å². The summed E-state index contributed by atoms with van der Waals surface area (Å²) in [7, 11) is 0. The second-order valence-electron chi connectivity index (χ2n) is 12.3. The number of aromatic amines is 1. The fourth-order valence-electron chi connectivity index (χ4n) is 6.63. The molecule has 1 unspecified atom stereocenters. The smallest absolute Gasteiger partial charge is 0.159 e. The molecule has 0 bridgehead atoms. The van der Waals surface area contributed by atoms with E-state index < -0.39 is 0 Å². The summed E-state index contributed by atoms with van der Waals surface area (Å²) >= 11 is 0. The van der Waals surface area contributed by atoms with Crippen LogP contribution in [0.4, 0.5) is 0 Å². The molecule has 2 nitrogen and oxygen atoms in total. The number of hydrogen-bond acceptors (Lipinski definition) is 1. The maximum Gasteiger partial charge on any atom is 0.159 e. The number of nitrogens with one attached hydrogen (secondary N) is 1. The Bertz CT molecular complexity index is 1350. The zero-order valence-electron chi connectivity index (χ0n) is 26.2. The van der Waals surface area contributed by atoms with E-state index in [0.29, 0.717) is 12.3 Å². The number of ketones is 1. The van der Waals surface area contributed by atoms with Crippen molar-refractivity contribution in [1.82, 2.24) is 4.98 Å². The van der Waals surface area contributed by atoms with Crippen LogP contribution < -0.4 is 0 Å². The Morgan fingerprint density at radius 3 is 2.63 bits per heavy atom. The summed E-state index contributed by atoms with van der Waals surface area (Å²) in [6, 6.07) is 11.1. The molecule has 1 fully saturated rings. The fourth-order valence-corrected chi connectivity index (χ4v) is 6.63. The van der Waals surface area contributed by atoms with Gasteiger partial charge in [-0.25, -0.2) is 0 Å². The van der Waals surface area contributed by atoms with Crippen molar-refractivity contribution in [1.29, 1.82) is 0 Å². The highest BCUT2D eigenvalue weighted by Gasteiger charge is 2.18. The van der Waals surface area contributed by atoms with Crippen LogP contribution in [0.25, 0.3) is 11.6 Å². The van der Waals surface area contributed by atoms with E-state index >= 15 is 0 Å². The molecule has 0 saturated heterocycles. The van der Waals surface area contributed by atoms with E-state index in [0.717, 1.165) is 49.3 Å². The van der Waals surface area contributed by atoms with Gasteiger partial charge in [-0.1, -0.05) is 113 Å². The molecule has 226 valence electrons. The molecular weight excluding hydrogens is 522 g/mol. The molecule has 1 heterocycles. The molecule has 0 aliphatic heterocycles. The van der Waals surface area contributed by atoms with Crippen molar-refractivity contribution < 1.29 is 4.79 Å². The lowest BCUT2D eigenvalue weighted by atomic mass is 9.83. The number of aromatic nitrogens is 1. The quantitative estimate of drug-likeness (QED) is 0.136. The molecule has 2 aromatic rings. The highest BCUT2D eigenvalue weighted by molar-refractivity contribution is 5.90. The zero-order valence-corrected chi connectivity index (χ0v) is 26.2. The molecule has 0 spiro atoms. The van der Waals surface area contributed by atoms with Crippen LogP contribution in [0.2, 0.25) is 0 Å². The van der Waals surface area contributed by atoms with Crippen molar-refractivity contribution in [2.24, 2.45) is 5.92 Å². The lowest BCUT2D eigenvalue weighted by Gasteiger charge is -2.22. The van der Waals surface area contributed by atoms with Crippen LogP contribution in [-0.4, -0.2) is 10.8 Å². The Balaban J connectivity index is 1.35. The Kier molecular flexibility index (Phi) is 13.1.